The molecule has 0 radical (unpaired) electrons. The summed E-state index contributed by atoms with van der Waals surface area (Å²) in [7, 11) is 0. The molecule has 5 heteroatoms. The van der Waals surface area contributed by atoms with E-state index in [1.165, 1.54) is 25.7 Å². The van der Waals surface area contributed by atoms with Crippen LogP contribution in [0.1, 0.15) is 38.5 Å². The number of aromatic nitrogens is 2. The Morgan fingerprint density at radius 2 is 2.21 bits per heavy atom. The van der Waals surface area contributed by atoms with Crippen LogP contribution in [0.2, 0.25) is 0 Å². The summed E-state index contributed by atoms with van der Waals surface area (Å²) < 4.78 is 2.13. The number of imidazole rings is 1. The minimum absolute atomic E-state index is 0.236. The summed E-state index contributed by atoms with van der Waals surface area (Å²) in [6.07, 6.45) is 19.1. The molecule has 3 N–H and O–H groups in total. The van der Waals surface area contributed by atoms with E-state index in [-0.39, 0.29) is 5.41 Å². The van der Waals surface area contributed by atoms with E-state index in [4.69, 9.17) is 17.3 Å². The molecule has 0 amide bonds. The summed E-state index contributed by atoms with van der Waals surface area (Å²) in [5.74, 6) is 0.502. The van der Waals surface area contributed by atoms with Crippen LogP contribution in [0.25, 0.3) is 0 Å². The number of nitrogens with two attached hydrogens (primary N) is 1. The Hall–Kier alpha value is -1.10. The smallest absolute Gasteiger partial charge is 0.0945 e. The number of nitrogens with zero attached hydrogens (tertiary/aromatic N) is 2. The molecule has 24 heavy (non-hydrogen) atoms. The Morgan fingerprint density at radius 1 is 1.38 bits per heavy atom. The van der Waals surface area contributed by atoms with E-state index in [0.29, 0.717) is 12.0 Å². The number of allylic oxidation sites excluding steroid dienone is 4. The predicted octanol–water partition coefficient (Wildman–Crippen LogP) is 3.45. The molecule has 1 fully saturated rings. The van der Waals surface area contributed by atoms with Crippen molar-refractivity contribution in [2.75, 3.05) is 13.1 Å². The Bertz CT molecular complexity index is 556. The molecule has 4 nitrogen and oxygen atoms in total. The van der Waals surface area contributed by atoms with Gasteiger partial charge in [-0.1, -0.05) is 23.8 Å². The number of rotatable bonds is 7. The number of hydrogen-bond donors (Lipinski definition) is 2. The van der Waals surface area contributed by atoms with Gasteiger partial charge in [0.1, 0.15) is 0 Å². The van der Waals surface area contributed by atoms with E-state index >= 15 is 0 Å². The van der Waals surface area contributed by atoms with Gasteiger partial charge in [0.05, 0.1) is 6.33 Å². The average Bonchev–Trinajstić information content (AvgIpc) is 3.13. The van der Waals surface area contributed by atoms with Gasteiger partial charge in [-0.25, -0.2) is 4.98 Å². The van der Waals surface area contributed by atoms with E-state index in [2.05, 4.69) is 27.0 Å². The highest BCUT2D eigenvalue weighted by atomic mass is 35.5. The molecule has 0 saturated heterocycles. The van der Waals surface area contributed by atoms with Gasteiger partial charge in [-0.3, -0.25) is 0 Å². The fourth-order valence-electron chi connectivity index (χ4n) is 4.17. The lowest BCUT2D eigenvalue weighted by Gasteiger charge is -2.45. The molecule has 3 rings (SSSR count). The van der Waals surface area contributed by atoms with E-state index < -0.39 is 0 Å². The fourth-order valence-corrected chi connectivity index (χ4v) is 4.41. The summed E-state index contributed by atoms with van der Waals surface area (Å²) in [5.41, 5.74) is 6.45. The van der Waals surface area contributed by atoms with Gasteiger partial charge in [-0.05, 0) is 69.0 Å². The lowest BCUT2D eigenvalue weighted by molar-refractivity contribution is 0.115. The van der Waals surface area contributed by atoms with Crippen molar-refractivity contribution in [1.82, 2.24) is 14.9 Å². The van der Waals surface area contributed by atoms with Crippen LogP contribution in [0.4, 0.5) is 0 Å². The molecule has 0 aliphatic heterocycles. The van der Waals surface area contributed by atoms with Crippen molar-refractivity contribution >= 4 is 11.6 Å². The topological polar surface area (TPSA) is 55.9 Å². The summed E-state index contributed by atoms with van der Waals surface area (Å²) in [6.45, 7) is 2.86. The Kier molecular flexibility index (Phi) is 6.14. The van der Waals surface area contributed by atoms with Crippen molar-refractivity contribution in [2.45, 2.75) is 51.1 Å². The third kappa shape index (κ3) is 4.29. The van der Waals surface area contributed by atoms with Crippen LogP contribution in [-0.4, -0.2) is 28.7 Å². The number of halogens is 1. The highest BCUT2D eigenvalue weighted by Crippen LogP contribution is 2.46. The van der Waals surface area contributed by atoms with Gasteiger partial charge in [0.2, 0.25) is 0 Å². The van der Waals surface area contributed by atoms with Crippen molar-refractivity contribution in [3.05, 3.63) is 42.0 Å². The zero-order chi connectivity index (χ0) is 16.8. The normalized spacial score (nSPS) is 30.3. The molecule has 1 heterocycles. The van der Waals surface area contributed by atoms with Gasteiger partial charge in [0, 0.05) is 30.0 Å². The van der Waals surface area contributed by atoms with Crippen LogP contribution < -0.4 is 11.1 Å². The fraction of sp³-hybridized carbons (Fsp3) is 0.632. The maximum atomic E-state index is 6.26. The highest BCUT2D eigenvalue weighted by molar-refractivity contribution is 6.29. The lowest BCUT2D eigenvalue weighted by atomic mass is 9.63. The molecule has 1 aromatic rings. The first-order valence-electron chi connectivity index (χ1n) is 9.14. The minimum atomic E-state index is 0.236. The largest absolute Gasteiger partial charge is 0.337 e. The van der Waals surface area contributed by atoms with Crippen LogP contribution in [-0.2, 0) is 6.54 Å². The molecule has 2 aliphatic carbocycles. The van der Waals surface area contributed by atoms with Crippen molar-refractivity contribution < 1.29 is 0 Å². The first-order valence-corrected chi connectivity index (χ1v) is 9.52. The molecule has 1 atom stereocenters. The van der Waals surface area contributed by atoms with E-state index in [0.717, 1.165) is 37.5 Å². The summed E-state index contributed by atoms with van der Waals surface area (Å²) >= 11 is 6.26. The van der Waals surface area contributed by atoms with Crippen molar-refractivity contribution in [1.29, 1.82) is 0 Å². The van der Waals surface area contributed by atoms with Gasteiger partial charge >= 0.3 is 0 Å². The molecular weight excluding hydrogens is 320 g/mol. The Balaban J connectivity index is 1.42. The molecule has 0 bridgehead atoms. The van der Waals surface area contributed by atoms with Crippen molar-refractivity contribution in [2.24, 2.45) is 17.1 Å². The number of hydrogen-bond acceptors (Lipinski definition) is 3. The second-order valence-corrected chi connectivity index (χ2v) is 7.74. The molecule has 1 unspecified atom stereocenters. The van der Waals surface area contributed by atoms with Gasteiger partial charge in [-0.15, -0.1) is 0 Å². The van der Waals surface area contributed by atoms with Gasteiger partial charge in [0.25, 0.3) is 0 Å². The van der Waals surface area contributed by atoms with Crippen molar-refractivity contribution in [3.63, 3.8) is 0 Å². The summed E-state index contributed by atoms with van der Waals surface area (Å²) in [5, 5.41) is 4.70. The van der Waals surface area contributed by atoms with Crippen LogP contribution in [0.3, 0.4) is 0 Å². The summed E-state index contributed by atoms with van der Waals surface area (Å²) in [6, 6.07) is 0.631. The zero-order valence-corrected chi connectivity index (χ0v) is 15.1. The third-order valence-corrected chi connectivity index (χ3v) is 6.08. The van der Waals surface area contributed by atoms with Crippen LogP contribution in [0, 0.1) is 11.3 Å². The Morgan fingerprint density at radius 3 is 2.88 bits per heavy atom. The lowest BCUT2D eigenvalue weighted by Crippen LogP contribution is -2.45. The first-order chi connectivity index (χ1) is 11.7. The minimum Gasteiger partial charge on any atom is -0.337 e. The SMILES string of the molecule is NCC1(C2C=CC=C(Cl)C2)CCC(NCCCn2ccnc2)CC1. The molecule has 132 valence electrons. The maximum absolute atomic E-state index is 6.26. The van der Waals surface area contributed by atoms with E-state index in [1.807, 2.05) is 24.8 Å². The molecule has 0 aromatic carbocycles. The number of aryl methyl sites for hydroxylation is 1. The van der Waals surface area contributed by atoms with Gasteiger partial charge < -0.3 is 15.6 Å². The molecule has 1 saturated carbocycles. The van der Waals surface area contributed by atoms with E-state index in [1.54, 1.807) is 0 Å². The zero-order valence-electron chi connectivity index (χ0n) is 14.3. The van der Waals surface area contributed by atoms with Crippen LogP contribution in [0.15, 0.2) is 42.0 Å². The highest BCUT2D eigenvalue weighted by Gasteiger charge is 2.40. The third-order valence-electron chi connectivity index (χ3n) is 5.80. The summed E-state index contributed by atoms with van der Waals surface area (Å²) in [4.78, 5) is 4.08. The maximum Gasteiger partial charge on any atom is 0.0945 e. The van der Waals surface area contributed by atoms with Gasteiger partial charge in [-0.2, -0.15) is 0 Å². The van der Waals surface area contributed by atoms with Crippen LogP contribution >= 0.6 is 11.6 Å². The monoisotopic (exact) mass is 348 g/mol. The molecule has 0 spiro atoms. The quantitative estimate of drug-likeness (QED) is 0.742. The standard InChI is InChI=1S/C19H29ClN4/c20-17-4-1-3-16(13-17)19(14-21)7-5-18(6-8-19)23-9-2-11-24-12-10-22-15-24/h1,3-4,10,12,15-16,18,23H,2,5-9,11,13-14,21H2. The first kappa shape index (κ1) is 17.7. The number of nitrogens with one attached hydrogen (secondary N) is 1. The molecule has 2 aliphatic rings. The van der Waals surface area contributed by atoms with Crippen LogP contribution in [0.5, 0.6) is 0 Å². The Labute approximate surface area is 150 Å². The molecule has 1 aromatic heterocycles. The van der Waals surface area contributed by atoms with Crippen molar-refractivity contribution in [3.8, 4) is 0 Å². The second kappa shape index (κ2) is 8.32. The second-order valence-electron chi connectivity index (χ2n) is 7.26. The van der Waals surface area contributed by atoms with E-state index in [9.17, 15) is 0 Å². The molecular formula is C19H29ClN4. The average molecular weight is 349 g/mol. The van der Waals surface area contributed by atoms with Gasteiger partial charge in [0.15, 0.2) is 0 Å². The predicted molar refractivity (Wildman–Crippen MR) is 99.8 cm³/mol.